The molecule has 0 saturated carbocycles. The fraction of sp³-hybridized carbons (Fsp3) is 0.593. The molecule has 0 aliphatic carbocycles. The van der Waals surface area contributed by atoms with Crippen molar-refractivity contribution in [3.05, 3.63) is 60.1 Å². The summed E-state index contributed by atoms with van der Waals surface area (Å²) in [5.41, 5.74) is 0.964. The fourth-order valence-electron chi connectivity index (χ4n) is 3.15. The number of rotatable bonds is 14. The molecule has 2 unspecified atom stereocenters. The van der Waals surface area contributed by atoms with Crippen molar-refractivity contribution >= 4 is 6.09 Å². The van der Waals surface area contributed by atoms with Crippen molar-refractivity contribution in [2.45, 2.75) is 71.8 Å². The number of amides is 1. The summed E-state index contributed by atoms with van der Waals surface area (Å²) in [6.07, 6.45) is 9.31. The molecule has 1 amide bonds. The summed E-state index contributed by atoms with van der Waals surface area (Å²) in [7, 11) is 3.22. The Morgan fingerprint density at radius 3 is 2.41 bits per heavy atom. The number of allylic oxidation sites excluding steroid dienone is 3. The third-order valence-corrected chi connectivity index (χ3v) is 5.10. The predicted octanol–water partition coefficient (Wildman–Crippen LogP) is 5.90. The number of methoxy groups -OCH3 is 2. The summed E-state index contributed by atoms with van der Waals surface area (Å²) in [6, 6.07) is -0.0170. The maximum Gasteiger partial charge on any atom is 0.410 e. The van der Waals surface area contributed by atoms with E-state index in [0.29, 0.717) is 31.3 Å². The minimum Gasteiger partial charge on any atom is -0.496 e. The van der Waals surface area contributed by atoms with Gasteiger partial charge in [-0.1, -0.05) is 32.6 Å². The van der Waals surface area contributed by atoms with Crippen molar-refractivity contribution in [3.8, 4) is 0 Å². The van der Waals surface area contributed by atoms with Gasteiger partial charge in [-0.05, 0) is 64.3 Å². The Morgan fingerprint density at radius 1 is 1.24 bits per heavy atom. The van der Waals surface area contributed by atoms with E-state index in [1.54, 1.807) is 25.2 Å². The second-order valence-electron chi connectivity index (χ2n) is 9.06. The van der Waals surface area contributed by atoms with Gasteiger partial charge in [-0.25, -0.2) is 4.79 Å². The second kappa shape index (κ2) is 14.7. The zero-order valence-electron chi connectivity index (χ0n) is 22.0. The summed E-state index contributed by atoms with van der Waals surface area (Å²) in [5, 5.41) is 0. The lowest BCUT2D eigenvalue weighted by Gasteiger charge is -2.41. The zero-order valence-corrected chi connectivity index (χ0v) is 22.0. The van der Waals surface area contributed by atoms with E-state index in [1.165, 1.54) is 0 Å². The van der Waals surface area contributed by atoms with Gasteiger partial charge in [-0.15, -0.1) is 0 Å². The van der Waals surface area contributed by atoms with Crippen LogP contribution in [0.3, 0.4) is 0 Å². The van der Waals surface area contributed by atoms with Crippen molar-refractivity contribution in [2.24, 2.45) is 0 Å². The molecule has 0 radical (unpaired) electrons. The monoisotopic (exact) mass is 477 g/mol. The van der Waals surface area contributed by atoms with Crippen LogP contribution < -0.4 is 0 Å². The third-order valence-electron chi connectivity index (χ3n) is 5.10. The molecule has 0 N–H and O–H groups in total. The van der Waals surface area contributed by atoms with Gasteiger partial charge in [0.15, 0.2) is 6.29 Å². The van der Waals surface area contributed by atoms with Crippen LogP contribution in [0, 0.1) is 0 Å². The molecule has 1 saturated heterocycles. The summed E-state index contributed by atoms with van der Waals surface area (Å²) in [4.78, 5) is 14.0. The summed E-state index contributed by atoms with van der Waals surface area (Å²) in [6.45, 7) is 18.9. The van der Waals surface area contributed by atoms with Crippen LogP contribution in [0.2, 0.25) is 0 Å². The van der Waals surface area contributed by atoms with Gasteiger partial charge in [0.05, 0.1) is 19.8 Å². The van der Waals surface area contributed by atoms with Crippen LogP contribution in [-0.2, 0) is 23.7 Å². The molecule has 1 aliphatic heterocycles. The van der Waals surface area contributed by atoms with Crippen molar-refractivity contribution in [2.75, 3.05) is 34.0 Å². The smallest absolute Gasteiger partial charge is 0.410 e. The maximum absolute atomic E-state index is 12.3. The average Bonchev–Trinajstić information content (AvgIpc) is 2.75. The normalized spacial score (nSPS) is 18.1. The van der Waals surface area contributed by atoms with E-state index in [9.17, 15) is 4.79 Å². The van der Waals surface area contributed by atoms with E-state index in [4.69, 9.17) is 23.7 Å². The number of carbonyl (C=O) groups is 1. The molecule has 7 nitrogen and oxygen atoms in total. The zero-order chi connectivity index (χ0) is 25.7. The summed E-state index contributed by atoms with van der Waals surface area (Å²) in [5.74, 6) is 1.24. The number of nitrogens with zero attached hydrogens (tertiary/aromatic N) is 1. The molecule has 0 bridgehead atoms. The summed E-state index contributed by atoms with van der Waals surface area (Å²) >= 11 is 0. The Labute approximate surface area is 205 Å². The molecule has 34 heavy (non-hydrogen) atoms. The standard InChI is InChI=1S/C27H43NO6/c1-10-13-25(31-9)33-18-20(4)16-24(30-8)21(11-2)17-23(12-3)32-19-22-14-15-28(22)26(29)34-27(5,6)7/h11-12,16-17,22,25H,2,4,10,13-15,18-19H2,1,3,5-9H3/b21-17+,23-12+,24-16-. The highest BCUT2D eigenvalue weighted by Crippen LogP contribution is 2.23. The lowest BCUT2D eigenvalue weighted by Crippen LogP contribution is -2.54. The van der Waals surface area contributed by atoms with Gasteiger partial charge in [-0.2, -0.15) is 0 Å². The number of hydrogen-bond donors (Lipinski definition) is 0. The Hall–Kier alpha value is -2.51. The lowest BCUT2D eigenvalue weighted by atomic mass is 10.1. The van der Waals surface area contributed by atoms with E-state index in [2.05, 4.69) is 20.1 Å². The van der Waals surface area contributed by atoms with Crippen LogP contribution in [0.25, 0.3) is 0 Å². The first-order valence-corrected chi connectivity index (χ1v) is 11.8. The van der Waals surface area contributed by atoms with Gasteiger partial charge in [0.2, 0.25) is 0 Å². The number of hydrogen-bond acceptors (Lipinski definition) is 6. The van der Waals surface area contributed by atoms with E-state index in [-0.39, 0.29) is 18.4 Å². The SMILES string of the molecule is C=CC(=C\C(=C/C)OCC1CCN1C(=O)OC(C)(C)C)/C(=C/C(=C)COC(CCC)OC)OC. The van der Waals surface area contributed by atoms with Crippen molar-refractivity contribution in [3.63, 3.8) is 0 Å². The fourth-order valence-corrected chi connectivity index (χ4v) is 3.15. The first kappa shape index (κ1) is 29.5. The van der Waals surface area contributed by atoms with E-state index in [0.717, 1.165) is 30.4 Å². The predicted molar refractivity (Wildman–Crippen MR) is 135 cm³/mol. The Kier molecular flexibility index (Phi) is 12.8. The van der Waals surface area contributed by atoms with Crippen molar-refractivity contribution in [1.29, 1.82) is 0 Å². The van der Waals surface area contributed by atoms with E-state index in [1.807, 2.05) is 45.9 Å². The van der Waals surface area contributed by atoms with Crippen molar-refractivity contribution in [1.82, 2.24) is 4.90 Å². The van der Waals surface area contributed by atoms with Crippen LogP contribution >= 0.6 is 0 Å². The highest BCUT2D eigenvalue weighted by atomic mass is 16.7. The molecular formula is C27H43NO6. The quantitative estimate of drug-likeness (QED) is 0.176. The molecule has 1 aliphatic rings. The molecule has 2 atom stereocenters. The highest BCUT2D eigenvalue weighted by Gasteiger charge is 2.35. The minimum atomic E-state index is -0.521. The molecule has 0 aromatic heterocycles. The summed E-state index contributed by atoms with van der Waals surface area (Å²) < 4.78 is 28.1. The van der Waals surface area contributed by atoms with Gasteiger partial charge in [0, 0.05) is 19.2 Å². The second-order valence-corrected chi connectivity index (χ2v) is 9.06. The number of likely N-dealkylation sites (tertiary alicyclic amines) is 1. The van der Waals surface area contributed by atoms with Crippen LogP contribution in [0.4, 0.5) is 4.79 Å². The molecule has 1 fully saturated rings. The van der Waals surface area contributed by atoms with Crippen LogP contribution in [0.15, 0.2) is 60.1 Å². The van der Waals surface area contributed by atoms with Gasteiger partial charge >= 0.3 is 6.09 Å². The van der Waals surface area contributed by atoms with E-state index >= 15 is 0 Å². The Morgan fingerprint density at radius 2 is 1.94 bits per heavy atom. The van der Waals surface area contributed by atoms with Gasteiger partial charge in [-0.3, -0.25) is 0 Å². The lowest BCUT2D eigenvalue weighted by molar-refractivity contribution is -0.120. The molecule has 1 rings (SSSR count). The molecule has 192 valence electrons. The third kappa shape index (κ3) is 10.2. The van der Waals surface area contributed by atoms with Crippen LogP contribution in [-0.4, -0.2) is 62.9 Å². The highest BCUT2D eigenvalue weighted by molar-refractivity contribution is 5.69. The largest absolute Gasteiger partial charge is 0.496 e. The topological polar surface area (TPSA) is 66.5 Å². The maximum atomic E-state index is 12.3. The van der Waals surface area contributed by atoms with Gasteiger partial charge in [0.1, 0.15) is 23.7 Å². The molecular weight excluding hydrogens is 434 g/mol. The van der Waals surface area contributed by atoms with Crippen LogP contribution in [0.1, 0.15) is 53.9 Å². The first-order chi connectivity index (χ1) is 16.1. The van der Waals surface area contributed by atoms with Gasteiger partial charge < -0.3 is 28.6 Å². The first-order valence-electron chi connectivity index (χ1n) is 11.8. The van der Waals surface area contributed by atoms with Gasteiger partial charge in [0.25, 0.3) is 0 Å². The minimum absolute atomic E-state index is 0.0170. The van der Waals surface area contributed by atoms with Crippen molar-refractivity contribution < 1.29 is 28.5 Å². The van der Waals surface area contributed by atoms with E-state index < -0.39 is 5.60 Å². The molecule has 7 heteroatoms. The Bertz CT molecular complexity index is 774. The number of ether oxygens (including phenoxy) is 5. The molecule has 0 aromatic rings. The number of carbonyl (C=O) groups excluding carboxylic acids is 1. The average molecular weight is 478 g/mol. The van der Waals surface area contributed by atoms with Crippen LogP contribution in [0.5, 0.6) is 0 Å². The Balaban J connectivity index is 2.78. The molecule has 0 aromatic carbocycles. The molecule has 0 spiro atoms. The molecule has 1 heterocycles.